The Balaban J connectivity index is 1.51. The number of hydrogen-bond acceptors (Lipinski definition) is 5. The molecule has 1 aromatic heterocycles. The van der Waals surface area contributed by atoms with Crippen molar-refractivity contribution in [3.8, 4) is 5.75 Å². The molecular formula is C20H23NO4. The van der Waals surface area contributed by atoms with Crippen molar-refractivity contribution >= 4 is 5.78 Å². The molecule has 1 aliphatic carbocycles. The van der Waals surface area contributed by atoms with Crippen molar-refractivity contribution in [2.45, 2.75) is 32.1 Å². The van der Waals surface area contributed by atoms with Gasteiger partial charge in [-0.25, -0.2) is 0 Å². The van der Waals surface area contributed by atoms with Crippen LogP contribution >= 0.6 is 0 Å². The second kappa shape index (κ2) is 7.00. The average Bonchev–Trinajstić information content (AvgIpc) is 3.06. The number of hydrogen-bond donors (Lipinski definition) is 0. The normalized spacial score (nSPS) is 21.2. The summed E-state index contributed by atoms with van der Waals surface area (Å²) in [5.74, 6) is 2.63. The minimum atomic E-state index is 0.183. The molecule has 1 unspecified atom stereocenters. The summed E-state index contributed by atoms with van der Waals surface area (Å²) < 4.78 is 16.2. The maximum absolute atomic E-state index is 12.8. The Kier molecular flexibility index (Phi) is 4.57. The quantitative estimate of drug-likeness (QED) is 0.852. The van der Waals surface area contributed by atoms with Crippen LogP contribution in [-0.2, 0) is 17.6 Å². The van der Waals surface area contributed by atoms with Crippen molar-refractivity contribution in [3.05, 3.63) is 46.8 Å². The van der Waals surface area contributed by atoms with Crippen molar-refractivity contribution in [1.29, 1.82) is 0 Å². The van der Waals surface area contributed by atoms with Crippen LogP contribution < -0.4 is 4.74 Å². The molecule has 4 rings (SSSR count). The minimum Gasteiger partial charge on any atom is -0.497 e. The summed E-state index contributed by atoms with van der Waals surface area (Å²) in [5, 5.41) is 4.23. The lowest BCUT2D eigenvalue weighted by Gasteiger charge is -2.31. The molecule has 0 radical (unpaired) electrons. The molecule has 5 heteroatoms. The monoisotopic (exact) mass is 341 g/mol. The topological polar surface area (TPSA) is 61.6 Å². The molecule has 2 heterocycles. The summed E-state index contributed by atoms with van der Waals surface area (Å²) in [6, 6.07) is 7.82. The zero-order chi connectivity index (χ0) is 17.2. The van der Waals surface area contributed by atoms with Crippen LogP contribution in [0.4, 0.5) is 0 Å². The van der Waals surface area contributed by atoms with Gasteiger partial charge in [0.2, 0.25) is 0 Å². The Hall–Kier alpha value is -2.14. The van der Waals surface area contributed by atoms with E-state index in [9.17, 15) is 4.79 Å². The van der Waals surface area contributed by atoms with Crippen LogP contribution in [0, 0.1) is 11.8 Å². The summed E-state index contributed by atoms with van der Waals surface area (Å²) >= 11 is 0. The first-order chi connectivity index (χ1) is 12.2. The molecule has 2 aliphatic rings. The van der Waals surface area contributed by atoms with E-state index >= 15 is 0 Å². The molecule has 0 N–H and O–H groups in total. The van der Waals surface area contributed by atoms with E-state index in [2.05, 4.69) is 5.16 Å². The number of rotatable bonds is 4. The zero-order valence-electron chi connectivity index (χ0n) is 14.5. The van der Waals surface area contributed by atoms with E-state index in [1.807, 2.05) is 24.3 Å². The highest BCUT2D eigenvalue weighted by Gasteiger charge is 2.35. The molecule has 1 fully saturated rings. The van der Waals surface area contributed by atoms with Gasteiger partial charge in [-0.05, 0) is 48.8 Å². The molecule has 1 aromatic carbocycles. The first-order valence-electron chi connectivity index (χ1n) is 8.96. The van der Waals surface area contributed by atoms with E-state index in [0.29, 0.717) is 30.4 Å². The number of carbonyl (C=O) groups is 1. The van der Waals surface area contributed by atoms with E-state index < -0.39 is 0 Å². The predicted molar refractivity (Wildman–Crippen MR) is 92.0 cm³/mol. The van der Waals surface area contributed by atoms with Gasteiger partial charge in [-0.3, -0.25) is 4.79 Å². The predicted octanol–water partition coefficient (Wildman–Crippen LogP) is 3.45. The standard InChI is InChI=1S/C20H23NO4/c1-23-16-4-2-13(3-5-16)10-19-20-17(21-25-19)11-15(12-18(20)22)14-6-8-24-9-7-14/h2-5,14-15H,6-12H2,1H3. The van der Waals surface area contributed by atoms with Crippen LogP contribution in [0.5, 0.6) is 5.75 Å². The number of Topliss-reactive ketones (excluding diaryl/α,β-unsaturated/α-hetero) is 1. The lowest BCUT2D eigenvalue weighted by molar-refractivity contribution is 0.0423. The molecule has 132 valence electrons. The van der Waals surface area contributed by atoms with Gasteiger partial charge in [-0.1, -0.05) is 17.3 Å². The van der Waals surface area contributed by atoms with E-state index in [-0.39, 0.29) is 5.78 Å². The van der Waals surface area contributed by atoms with Crippen molar-refractivity contribution in [2.24, 2.45) is 11.8 Å². The lowest BCUT2D eigenvalue weighted by atomic mass is 9.75. The third kappa shape index (κ3) is 3.33. The van der Waals surface area contributed by atoms with Crippen LogP contribution in [-0.4, -0.2) is 31.3 Å². The maximum atomic E-state index is 12.8. The fourth-order valence-electron chi connectivity index (χ4n) is 4.05. The molecule has 1 aliphatic heterocycles. The Morgan fingerprint density at radius 2 is 1.88 bits per heavy atom. The molecule has 0 spiro atoms. The second-order valence-corrected chi connectivity index (χ2v) is 6.99. The van der Waals surface area contributed by atoms with Crippen LogP contribution in [0.15, 0.2) is 28.8 Å². The molecule has 1 saturated heterocycles. The van der Waals surface area contributed by atoms with Crippen LogP contribution in [0.2, 0.25) is 0 Å². The van der Waals surface area contributed by atoms with Gasteiger partial charge in [-0.15, -0.1) is 0 Å². The Morgan fingerprint density at radius 1 is 1.12 bits per heavy atom. The first kappa shape index (κ1) is 16.3. The molecule has 5 nitrogen and oxygen atoms in total. The van der Waals surface area contributed by atoms with E-state index in [1.54, 1.807) is 7.11 Å². The molecule has 2 aromatic rings. The highest BCUT2D eigenvalue weighted by molar-refractivity contribution is 5.99. The number of nitrogens with zero attached hydrogens (tertiary/aromatic N) is 1. The maximum Gasteiger partial charge on any atom is 0.168 e. The van der Waals surface area contributed by atoms with Gasteiger partial charge in [0.25, 0.3) is 0 Å². The van der Waals surface area contributed by atoms with Crippen molar-refractivity contribution in [1.82, 2.24) is 5.16 Å². The average molecular weight is 341 g/mol. The Bertz CT molecular complexity index is 744. The molecular weight excluding hydrogens is 318 g/mol. The van der Waals surface area contributed by atoms with Crippen LogP contribution in [0.1, 0.15) is 46.6 Å². The van der Waals surface area contributed by atoms with Gasteiger partial charge in [0, 0.05) is 26.1 Å². The molecule has 0 bridgehead atoms. The van der Waals surface area contributed by atoms with E-state index in [4.69, 9.17) is 14.0 Å². The van der Waals surface area contributed by atoms with Crippen LogP contribution in [0.3, 0.4) is 0 Å². The summed E-state index contributed by atoms with van der Waals surface area (Å²) in [4.78, 5) is 12.8. The van der Waals surface area contributed by atoms with Gasteiger partial charge in [0.1, 0.15) is 5.75 Å². The summed E-state index contributed by atoms with van der Waals surface area (Å²) in [6.07, 6.45) is 4.13. The molecule has 1 atom stereocenters. The number of fused-ring (bicyclic) bond motifs is 1. The smallest absolute Gasteiger partial charge is 0.168 e. The fraction of sp³-hybridized carbons (Fsp3) is 0.500. The third-order valence-corrected chi connectivity index (χ3v) is 5.47. The number of ether oxygens (including phenoxy) is 2. The molecule has 0 amide bonds. The van der Waals surface area contributed by atoms with Crippen molar-refractivity contribution < 1.29 is 18.8 Å². The van der Waals surface area contributed by atoms with Gasteiger partial charge in [0.05, 0.1) is 18.4 Å². The minimum absolute atomic E-state index is 0.183. The van der Waals surface area contributed by atoms with Crippen LogP contribution in [0.25, 0.3) is 0 Å². The number of methoxy groups -OCH3 is 1. The lowest BCUT2D eigenvalue weighted by Crippen LogP contribution is -2.30. The first-order valence-corrected chi connectivity index (χ1v) is 8.96. The number of carbonyl (C=O) groups excluding carboxylic acids is 1. The highest BCUT2D eigenvalue weighted by atomic mass is 16.5. The number of aromatic nitrogens is 1. The SMILES string of the molecule is COc1ccc(Cc2onc3c2C(=O)CC(C2CCOCC2)C3)cc1. The van der Waals surface area contributed by atoms with Crippen molar-refractivity contribution in [2.75, 3.05) is 20.3 Å². The zero-order valence-corrected chi connectivity index (χ0v) is 14.5. The van der Waals surface area contributed by atoms with E-state index in [1.165, 1.54) is 0 Å². The fourth-order valence-corrected chi connectivity index (χ4v) is 4.05. The van der Waals surface area contributed by atoms with Gasteiger partial charge < -0.3 is 14.0 Å². The van der Waals surface area contributed by atoms with Crippen molar-refractivity contribution in [3.63, 3.8) is 0 Å². The number of benzene rings is 1. The highest BCUT2D eigenvalue weighted by Crippen LogP contribution is 2.36. The summed E-state index contributed by atoms with van der Waals surface area (Å²) in [6.45, 7) is 1.62. The van der Waals surface area contributed by atoms with Gasteiger partial charge in [0.15, 0.2) is 11.5 Å². The molecule has 0 saturated carbocycles. The third-order valence-electron chi connectivity index (χ3n) is 5.47. The second-order valence-electron chi connectivity index (χ2n) is 6.99. The van der Waals surface area contributed by atoms with Gasteiger partial charge >= 0.3 is 0 Å². The summed E-state index contributed by atoms with van der Waals surface area (Å²) in [5.41, 5.74) is 2.65. The number of ketones is 1. The Labute approximate surface area is 147 Å². The Morgan fingerprint density at radius 3 is 2.60 bits per heavy atom. The van der Waals surface area contributed by atoms with E-state index in [0.717, 1.165) is 55.0 Å². The van der Waals surface area contributed by atoms with Gasteiger partial charge in [-0.2, -0.15) is 0 Å². The largest absolute Gasteiger partial charge is 0.497 e. The molecule has 25 heavy (non-hydrogen) atoms. The summed E-state index contributed by atoms with van der Waals surface area (Å²) in [7, 11) is 1.65.